The molecule has 1 fully saturated rings. The van der Waals surface area contributed by atoms with Crippen LogP contribution < -0.4 is 14.5 Å². The summed E-state index contributed by atoms with van der Waals surface area (Å²) < 4.78 is 5.29. The van der Waals surface area contributed by atoms with Crippen molar-refractivity contribution in [2.45, 2.75) is 19.4 Å². The van der Waals surface area contributed by atoms with Gasteiger partial charge in [0.2, 0.25) is 0 Å². The van der Waals surface area contributed by atoms with E-state index < -0.39 is 24.1 Å². The first-order valence-corrected chi connectivity index (χ1v) is 14.6. The van der Waals surface area contributed by atoms with Gasteiger partial charge in [-0.1, -0.05) is 48.0 Å². The molecule has 0 bridgehead atoms. The van der Waals surface area contributed by atoms with Crippen molar-refractivity contribution in [3.63, 3.8) is 0 Å². The van der Waals surface area contributed by atoms with Crippen molar-refractivity contribution in [2.75, 3.05) is 36.5 Å². The van der Waals surface area contributed by atoms with Crippen LogP contribution in [0.5, 0.6) is 5.75 Å². The molecule has 6 rings (SSSR count). The SMILES string of the molecule is COc1ccc(N(C(=O)N2CCN(C(=O)N3c4ccccc4CC(=O)c4ccccc43)[C@H](C(=O)O)C2)c2ccc(C)cc2)cc1. The molecule has 10 heteroatoms. The highest BCUT2D eigenvalue weighted by Crippen LogP contribution is 2.37. The Morgan fingerprint density at radius 3 is 2.11 bits per heavy atom. The number of carboxylic acids is 1. The maximum atomic E-state index is 14.4. The Kier molecular flexibility index (Phi) is 7.95. The molecule has 45 heavy (non-hydrogen) atoms. The van der Waals surface area contributed by atoms with Crippen molar-refractivity contribution in [1.29, 1.82) is 0 Å². The van der Waals surface area contributed by atoms with Crippen LogP contribution in [0.3, 0.4) is 0 Å². The van der Waals surface area contributed by atoms with E-state index in [4.69, 9.17) is 4.74 Å². The lowest BCUT2D eigenvalue weighted by atomic mass is 10.0. The molecule has 10 nitrogen and oxygen atoms in total. The number of ether oxygens (including phenoxy) is 1. The summed E-state index contributed by atoms with van der Waals surface area (Å²) in [6.45, 7) is 1.80. The Bertz CT molecular complexity index is 1770. The fraction of sp³-hybridized carbons (Fsp3) is 0.200. The summed E-state index contributed by atoms with van der Waals surface area (Å²) in [6, 6.07) is 26.2. The van der Waals surface area contributed by atoms with Gasteiger partial charge in [0.1, 0.15) is 11.8 Å². The van der Waals surface area contributed by atoms with Gasteiger partial charge in [0.15, 0.2) is 5.78 Å². The number of fused-ring (bicyclic) bond motifs is 2. The van der Waals surface area contributed by atoms with E-state index in [1.165, 1.54) is 19.6 Å². The molecule has 2 heterocycles. The fourth-order valence-corrected chi connectivity index (χ4v) is 5.85. The quantitative estimate of drug-likeness (QED) is 0.305. The van der Waals surface area contributed by atoms with E-state index >= 15 is 0 Å². The average molecular weight is 605 g/mol. The highest BCUT2D eigenvalue weighted by atomic mass is 16.5. The van der Waals surface area contributed by atoms with Gasteiger partial charge in [0.25, 0.3) is 0 Å². The number of carboxylic acid groups (broad SMARTS) is 1. The standard InChI is InChI=1S/C35H32N4O6/c1-23-11-13-25(14-12-23)38(26-15-17-27(45-2)18-16-26)34(43)36-19-20-37(31(22-36)33(41)42)35(44)39-29-9-5-3-7-24(29)21-32(40)28-8-4-6-10-30(28)39/h3-18,31H,19-22H2,1-2H3,(H,41,42)/t31-/m0/s1. The van der Waals surface area contributed by atoms with Gasteiger partial charge in [-0.05, 0) is 67.1 Å². The van der Waals surface area contributed by atoms with Crippen molar-refractivity contribution in [3.8, 4) is 5.75 Å². The number of amides is 4. The number of urea groups is 2. The molecule has 228 valence electrons. The van der Waals surface area contributed by atoms with Crippen molar-refractivity contribution < 1.29 is 29.0 Å². The zero-order valence-electron chi connectivity index (χ0n) is 24.9. The summed E-state index contributed by atoms with van der Waals surface area (Å²) in [5.41, 5.74) is 4.19. The van der Waals surface area contributed by atoms with Gasteiger partial charge >= 0.3 is 18.0 Å². The number of hydrogen-bond donors (Lipinski definition) is 1. The number of carbonyl (C=O) groups excluding carboxylic acids is 3. The Morgan fingerprint density at radius 1 is 0.822 bits per heavy atom. The van der Waals surface area contributed by atoms with E-state index in [0.29, 0.717) is 39.6 Å². The van der Waals surface area contributed by atoms with E-state index in [1.54, 1.807) is 79.9 Å². The number of rotatable bonds is 4. The Balaban J connectivity index is 1.33. The Hall–Kier alpha value is -5.64. The van der Waals surface area contributed by atoms with Crippen LogP contribution in [0.4, 0.5) is 32.3 Å². The van der Waals surface area contributed by atoms with Crippen LogP contribution in [-0.4, -0.2) is 71.5 Å². The molecule has 1 saturated heterocycles. The minimum Gasteiger partial charge on any atom is -0.497 e. The van der Waals surface area contributed by atoms with Crippen LogP contribution in [-0.2, 0) is 11.2 Å². The molecule has 0 spiro atoms. The topological polar surface area (TPSA) is 111 Å². The highest BCUT2D eigenvalue weighted by Gasteiger charge is 2.42. The number of Topliss-reactive ketones (excluding diaryl/α,β-unsaturated/α-hetero) is 1. The van der Waals surface area contributed by atoms with Gasteiger partial charge in [0.05, 0.1) is 36.4 Å². The molecule has 0 aromatic heterocycles. The summed E-state index contributed by atoms with van der Waals surface area (Å²) in [4.78, 5) is 60.1. The normalized spacial score (nSPS) is 15.9. The number of carbonyl (C=O) groups is 4. The predicted octanol–water partition coefficient (Wildman–Crippen LogP) is 6.03. The molecule has 1 atom stereocenters. The van der Waals surface area contributed by atoms with E-state index in [1.807, 2.05) is 31.2 Å². The van der Waals surface area contributed by atoms with Crippen molar-refractivity contribution in [3.05, 3.63) is 114 Å². The molecular formula is C35H32N4O6. The predicted molar refractivity (Wildman–Crippen MR) is 170 cm³/mol. The number of nitrogens with zero attached hydrogens (tertiary/aromatic N) is 4. The molecule has 1 N–H and O–H groups in total. The second-order valence-electron chi connectivity index (χ2n) is 11.0. The average Bonchev–Trinajstić information content (AvgIpc) is 3.19. The number of hydrogen-bond acceptors (Lipinski definition) is 5. The molecule has 2 aliphatic rings. The molecule has 4 aromatic carbocycles. The van der Waals surface area contributed by atoms with Crippen LogP contribution in [0.2, 0.25) is 0 Å². The van der Waals surface area contributed by atoms with Gasteiger partial charge in [-0.15, -0.1) is 0 Å². The van der Waals surface area contributed by atoms with Crippen LogP contribution in [0.25, 0.3) is 0 Å². The second-order valence-corrected chi connectivity index (χ2v) is 11.0. The first kappa shape index (κ1) is 29.4. The van der Waals surface area contributed by atoms with Crippen molar-refractivity contribution >= 4 is 46.6 Å². The Morgan fingerprint density at radius 2 is 1.44 bits per heavy atom. The number of piperazine rings is 1. The highest BCUT2D eigenvalue weighted by molar-refractivity contribution is 6.12. The largest absolute Gasteiger partial charge is 0.497 e. The van der Waals surface area contributed by atoms with Crippen molar-refractivity contribution in [2.24, 2.45) is 0 Å². The minimum absolute atomic E-state index is 0.0271. The number of aliphatic carboxylic acids is 1. The maximum Gasteiger partial charge on any atom is 0.330 e. The molecular weight excluding hydrogens is 572 g/mol. The van der Waals surface area contributed by atoms with Crippen LogP contribution in [0, 0.1) is 6.92 Å². The van der Waals surface area contributed by atoms with Gasteiger partial charge in [-0.3, -0.25) is 14.6 Å². The molecule has 0 radical (unpaired) electrons. The lowest BCUT2D eigenvalue weighted by Gasteiger charge is -2.42. The fourth-order valence-electron chi connectivity index (χ4n) is 5.85. The number of aryl methyl sites for hydroxylation is 1. The van der Waals surface area contributed by atoms with Gasteiger partial charge in [0, 0.05) is 25.1 Å². The molecule has 2 aliphatic heterocycles. The van der Waals surface area contributed by atoms with Gasteiger partial charge in [-0.25, -0.2) is 14.4 Å². The summed E-state index contributed by atoms with van der Waals surface area (Å²) in [5, 5.41) is 10.4. The van der Waals surface area contributed by atoms with Crippen LogP contribution >= 0.6 is 0 Å². The van der Waals surface area contributed by atoms with Gasteiger partial charge in [-0.2, -0.15) is 0 Å². The number of ketones is 1. The minimum atomic E-state index is -1.33. The molecule has 0 unspecified atom stereocenters. The summed E-state index contributed by atoms with van der Waals surface area (Å²) in [7, 11) is 1.56. The summed E-state index contributed by atoms with van der Waals surface area (Å²) in [6.07, 6.45) is 0.113. The van der Waals surface area contributed by atoms with Crippen LogP contribution in [0.15, 0.2) is 97.1 Å². The Labute approximate surface area is 260 Å². The second kappa shape index (κ2) is 12.2. The molecule has 0 aliphatic carbocycles. The zero-order valence-corrected chi connectivity index (χ0v) is 24.9. The first-order chi connectivity index (χ1) is 21.8. The van der Waals surface area contributed by atoms with E-state index in [2.05, 4.69) is 0 Å². The summed E-state index contributed by atoms with van der Waals surface area (Å²) >= 11 is 0. The smallest absolute Gasteiger partial charge is 0.330 e. The van der Waals surface area contributed by atoms with E-state index in [0.717, 1.165) is 5.56 Å². The van der Waals surface area contributed by atoms with Crippen LogP contribution in [0.1, 0.15) is 21.5 Å². The third kappa shape index (κ3) is 5.58. The molecule has 4 aromatic rings. The summed E-state index contributed by atoms with van der Waals surface area (Å²) in [5.74, 6) is -0.737. The lowest BCUT2D eigenvalue weighted by molar-refractivity contribution is -0.143. The van der Waals surface area contributed by atoms with Gasteiger partial charge < -0.3 is 19.6 Å². The molecule has 4 amide bonds. The number of para-hydroxylation sites is 2. The van der Waals surface area contributed by atoms with E-state index in [-0.39, 0.29) is 31.8 Å². The lowest BCUT2D eigenvalue weighted by Crippen LogP contribution is -2.62. The number of benzene rings is 4. The third-order valence-electron chi connectivity index (χ3n) is 8.22. The van der Waals surface area contributed by atoms with E-state index in [9.17, 15) is 24.3 Å². The zero-order chi connectivity index (χ0) is 31.7. The number of methoxy groups -OCH3 is 1. The third-order valence-corrected chi connectivity index (χ3v) is 8.22. The first-order valence-electron chi connectivity index (χ1n) is 14.6. The van der Waals surface area contributed by atoms with Crippen molar-refractivity contribution in [1.82, 2.24) is 9.80 Å². The molecule has 0 saturated carbocycles. The monoisotopic (exact) mass is 604 g/mol. The number of anilines is 4. The maximum absolute atomic E-state index is 14.4.